The predicted octanol–water partition coefficient (Wildman–Crippen LogP) is 6.32. The molecule has 42 heavy (non-hydrogen) atoms. The quantitative estimate of drug-likeness (QED) is 0.201. The average molecular weight is 655 g/mol. The number of hydrogen-bond donors (Lipinski definition) is 2. The van der Waals surface area contributed by atoms with E-state index in [1.807, 2.05) is 42.9 Å². The van der Waals surface area contributed by atoms with Gasteiger partial charge in [0.15, 0.2) is 0 Å². The summed E-state index contributed by atoms with van der Waals surface area (Å²) in [6.45, 7) is 13.4. The second kappa shape index (κ2) is 12.5. The van der Waals surface area contributed by atoms with Crippen molar-refractivity contribution in [3.63, 3.8) is 0 Å². The van der Waals surface area contributed by atoms with Crippen molar-refractivity contribution in [2.24, 2.45) is 0 Å². The van der Waals surface area contributed by atoms with Crippen molar-refractivity contribution in [2.75, 3.05) is 62.3 Å². The maximum absolute atomic E-state index is 13.2. The molecule has 2 aromatic heterocycles. The van der Waals surface area contributed by atoms with Gasteiger partial charge in [0.2, 0.25) is 5.95 Å². The second-order valence-corrected chi connectivity index (χ2v) is 14.7. The van der Waals surface area contributed by atoms with E-state index >= 15 is 0 Å². The van der Waals surface area contributed by atoms with Crippen molar-refractivity contribution in [3.8, 4) is 16.9 Å². The molecule has 0 amide bonds. The van der Waals surface area contributed by atoms with Crippen molar-refractivity contribution in [3.05, 3.63) is 58.5 Å². The number of hydrogen-bond acceptors (Lipinski definition) is 9. The molecule has 5 rings (SSSR count). The Morgan fingerprint density at radius 3 is 2.52 bits per heavy atom. The molecule has 2 aromatic carbocycles. The number of halogens is 1. The van der Waals surface area contributed by atoms with Gasteiger partial charge in [0.05, 0.1) is 42.4 Å². The SMILES string of the molecule is CCn1cc(-c2cc(Nc3ncc(Br)c(Nc4ccc(C)c(C)c4P(C)(C)=O)n3)c(OC)cc2N2CCOCC2)cn1. The van der Waals surface area contributed by atoms with Gasteiger partial charge in [-0.3, -0.25) is 4.68 Å². The van der Waals surface area contributed by atoms with Crippen LogP contribution >= 0.6 is 23.1 Å². The molecule has 1 saturated heterocycles. The zero-order chi connectivity index (χ0) is 30.0. The number of nitrogens with one attached hydrogen (secondary N) is 2. The molecule has 1 aliphatic heterocycles. The lowest BCUT2D eigenvalue weighted by molar-refractivity contribution is 0.122. The van der Waals surface area contributed by atoms with Crippen LogP contribution in [0.15, 0.2) is 47.3 Å². The zero-order valence-corrected chi connectivity index (χ0v) is 27.3. The van der Waals surface area contributed by atoms with Crippen LogP contribution in [0.25, 0.3) is 11.1 Å². The van der Waals surface area contributed by atoms with E-state index in [0.717, 1.165) is 64.3 Å². The van der Waals surface area contributed by atoms with Crippen LogP contribution in [0.4, 0.5) is 28.8 Å². The van der Waals surface area contributed by atoms with E-state index in [1.165, 1.54) is 0 Å². The molecule has 0 atom stereocenters. The molecule has 222 valence electrons. The van der Waals surface area contributed by atoms with E-state index in [1.54, 1.807) is 26.6 Å². The third-order valence-electron chi connectivity index (χ3n) is 7.42. The molecule has 1 fully saturated rings. The van der Waals surface area contributed by atoms with Crippen molar-refractivity contribution in [2.45, 2.75) is 27.3 Å². The van der Waals surface area contributed by atoms with E-state index in [-0.39, 0.29) is 0 Å². The van der Waals surface area contributed by atoms with Gasteiger partial charge in [-0.05, 0) is 73.3 Å². The van der Waals surface area contributed by atoms with Crippen molar-refractivity contribution < 1.29 is 14.0 Å². The average Bonchev–Trinajstić information content (AvgIpc) is 3.46. The van der Waals surface area contributed by atoms with Gasteiger partial charge in [0, 0.05) is 60.2 Å². The number of benzene rings is 2. The minimum absolute atomic E-state index is 0.384. The fourth-order valence-corrected chi connectivity index (χ4v) is 7.15. The highest BCUT2D eigenvalue weighted by Crippen LogP contribution is 2.42. The van der Waals surface area contributed by atoms with Crippen LogP contribution in [0, 0.1) is 13.8 Å². The van der Waals surface area contributed by atoms with Gasteiger partial charge in [-0.15, -0.1) is 0 Å². The number of ether oxygens (including phenoxy) is 2. The number of anilines is 5. The number of aromatic nitrogens is 4. The highest BCUT2D eigenvalue weighted by atomic mass is 79.9. The molecule has 0 radical (unpaired) electrons. The topological polar surface area (TPSA) is 106 Å². The van der Waals surface area contributed by atoms with Crippen molar-refractivity contribution in [1.82, 2.24) is 19.7 Å². The fraction of sp³-hybridized carbons (Fsp3) is 0.367. The van der Waals surface area contributed by atoms with Crippen molar-refractivity contribution >= 4 is 57.2 Å². The van der Waals surface area contributed by atoms with Crippen LogP contribution in [0.2, 0.25) is 0 Å². The molecule has 0 saturated carbocycles. The van der Waals surface area contributed by atoms with Gasteiger partial charge in [0.25, 0.3) is 0 Å². The summed E-state index contributed by atoms with van der Waals surface area (Å²) in [5.74, 6) is 1.60. The van der Waals surface area contributed by atoms with E-state index in [0.29, 0.717) is 35.2 Å². The van der Waals surface area contributed by atoms with Crippen molar-refractivity contribution in [1.29, 1.82) is 0 Å². The Bertz CT molecular complexity index is 1650. The molecule has 10 nitrogen and oxygen atoms in total. The minimum atomic E-state index is -2.57. The van der Waals surface area contributed by atoms with E-state index in [4.69, 9.17) is 14.5 Å². The lowest BCUT2D eigenvalue weighted by Gasteiger charge is -2.31. The summed E-state index contributed by atoms with van der Waals surface area (Å²) in [5, 5.41) is 12.1. The highest BCUT2D eigenvalue weighted by molar-refractivity contribution is 9.10. The number of morpholine rings is 1. The smallest absolute Gasteiger partial charge is 0.229 e. The third kappa shape index (κ3) is 6.33. The molecule has 12 heteroatoms. The molecular weight excluding hydrogens is 617 g/mol. The summed E-state index contributed by atoms with van der Waals surface area (Å²) in [6.07, 6.45) is 5.63. The molecule has 1 aliphatic rings. The Morgan fingerprint density at radius 1 is 1.10 bits per heavy atom. The Morgan fingerprint density at radius 2 is 1.86 bits per heavy atom. The van der Waals surface area contributed by atoms with E-state index < -0.39 is 7.14 Å². The van der Waals surface area contributed by atoms with Crippen LogP contribution in [0.3, 0.4) is 0 Å². The third-order valence-corrected chi connectivity index (χ3v) is 9.66. The molecule has 0 spiro atoms. The Kier molecular flexibility index (Phi) is 8.92. The first-order valence-corrected chi connectivity index (χ1v) is 17.3. The number of rotatable bonds is 9. The van der Waals surface area contributed by atoms with Gasteiger partial charge < -0.3 is 29.6 Å². The van der Waals surface area contributed by atoms with Gasteiger partial charge in [-0.25, -0.2) is 4.98 Å². The van der Waals surface area contributed by atoms with E-state index in [9.17, 15) is 4.57 Å². The van der Waals surface area contributed by atoms with Crippen LogP contribution in [0.5, 0.6) is 5.75 Å². The molecule has 4 aromatic rings. The summed E-state index contributed by atoms with van der Waals surface area (Å²) in [6, 6.07) is 8.08. The monoisotopic (exact) mass is 653 g/mol. The van der Waals surface area contributed by atoms with E-state index in [2.05, 4.69) is 60.7 Å². The molecule has 3 heterocycles. The van der Waals surface area contributed by atoms with Crippen LogP contribution in [0.1, 0.15) is 18.1 Å². The van der Waals surface area contributed by atoms with Gasteiger partial charge >= 0.3 is 0 Å². The number of aryl methyl sites for hydroxylation is 2. The first-order chi connectivity index (χ1) is 20.1. The lowest BCUT2D eigenvalue weighted by atomic mass is 10.0. The minimum Gasteiger partial charge on any atom is -0.494 e. The summed E-state index contributed by atoms with van der Waals surface area (Å²) in [7, 11) is -0.918. The number of methoxy groups -OCH3 is 1. The molecular formula is C30H37BrN7O3P. The van der Waals surface area contributed by atoms with Crippen LogP contribution < -0.4 is 25.6 Å². The number of nitrogens with zero attached hydrogens (tertiary/aromatic N) is 5. The lowest BCUT2D eigenvalue weighted by Crippen LogP contribution is -2.36. The molecule has 2 N–H and O–H groups in total. The van der Waals surface area contributed by atoms with Gasteiger partial charge in [-0.1, -0.05) is 6.07 Å². The standard InChI is InChI=1S/C30H37BrN7O3P/c1-7-38-18-21(16-33-38)22-14-25(27(40-4)15-26(22)37-10-12-41-13-11-37)35-30-32-17-23(31)29(36-30)34-24-9-8-19(2)20(3)28(24)42(5,6)39/h8-9,14-18H,7,10-13H2,1-6H3,(H2,32,34,35,36). The second-order valence-electron chi connectivity index (χ2n) is 10.6. The van der Waals surface area contributed by atoms with Crippen LogP contribution in [-0.2, 0) is 15.8 Å². The first-order valence-electron chi connectivity index (χ1n) is 13.9. The fourth-order valence-electron chi connectivity index (χ4n) is 5.17. The Hall–Kier alpha value is -3.40. The maximum Gasteiger partial charge on any atom is 0.229 e. The molecule has 0 unspecified atom stereocenters. The first kappa shape index (κ1) is 30.1. The zero-order valence-electron chi connectivity index (χ0n) is 24.9. The van der Waals surface area contributed by atoms with Crippen LogP contribution in [-0.4, -0.2) is 66.5 Å². The largest absolute Gasteiger partial charge is 0.494 e. The summed E-state index contributed by atoms with van der Waals surface area (Å²) < 4.78 is 27.3. The molecule has 0 aliphatic carbocycles. The van der Waals surface area contributed by atoms with Gasteiger partial charge in [0.1, 0.15) is 18.7 Å². The normalized spacial score (nSPS) is 13.7. The maximum atomic E-state index is 13.2. The summed E-state index contributed by atoms with van der Waals surface area (Å²) >= 11 is 3.58. The van der Waals surface area contributed by atoms with Gasteiger partial charge in [-0.2, -0.15) is 10.1 Å². The Balaban J connectivity index is 1.53. The highest BCUT2D eigenvalue weighted by Gasteiger charge is 2.23. The summed E-state index contributed by atoms with van der Waals surface area (Å²) in [4.78, 5) is 11.6. The summed E-state index contributed by atoms with van der Waals surface area (Å²) in [5.41, 5.74) is 6.68. The predicted molar refractivity (Wildman–Crippen MR) is 174 cm³/mol. The Labute approximate surface area is 255 Å². The molecule has 0 bridgehead atoms.